The molecule has 0 spiro atoms. The van der Waals surface area contributed by atoms with Gasteiger partial charge in [0.1, 0.15) is 5.69 Å². The molecule has 0 unspecified atom stereocenters. The number of likely N-dealkylation sites (tertiary alicyclic amines) is 1. The van der Waals surface area contributed by atoms with E-state index in [4.69, 9.17) is 0 Å². The predicted molar refractivity (Wildman–Crippen MR) is 73.8 cm³/mol. The van der Waals surface area contributed by atoms with Crippen molar-refractivity contribution < 1.29 is 4.79 Å². The van der Waals surface area contributed by atoms with Crippen molar-refractivity contribution in [1.29, 1.82) is 0 Å². The van der Waals surface area contributed by atoms with Gasteiger partial charge in [0.25, 0.3) is 5.91 Å². The van der Waals surface area contributed by atoms with Crippen LogP contribution in [0.2, 0.25) is 0 Å². The monoisotopic (exact) mass is 262 g/mol. The lowest BCUT2D eigenvalue weighted by atomic mass is 9.94. The van der Waals surface area contributed by atoms with Gasteiger partial charge >= 0.3 is 0 Å². The van der Waals surface area contributed by atoms with Gasteiger partial charge in [0, 0.05) is 25.5 Å². The maximum absolute atomic E-state index is 12.3. The highest BCUT2D eigenvalue weighted by molar-refractivity contribution is 5.92. The van der Waals surface area contributed by atoms with E-state index in [2.05, 4.69) is 29.0 Å². The Labute approximate surface area is 114 Å². The summed E-state index contributed by atoms with van der Waals surface area (Å²) in [7, 11) is 4.18. The molecular formula is C14H22N4O. The fourth-order valence-corrected chi connectivity index (χ4v) is 2.50. The summed E-state index contributed by atoms with van der Waals surface area (Å²) in [5, 5.41) is 0. The normalized spacial score (nSPS) is 19.7. The Hall–Kier alpha value is -1.49. The van der Waals surface area contributed by atoms with Crippen LogP contribution in [0.5, 0.6) is 0 Å². The van der Waals surface area contributed by atoms with Crippen LogP contribution in [0.1, 0.15) is 29.8 Å². The number of piperidine rings is 1. The third kappa shape index (κ3) is 3.99. The fraction of sp³-hybridized carbons (Fsp3) is 0.643. The largest absolute Gasteiger partial charge is 0.337 e. The highest BCUT2D eigenvalue weighted by Crippen LogP contribution is 2.20. The smallest absolute Gasteiger partial charge is 0.274 e. The van der Waals surface area contributed by atoms with Crippen LogP contribution in [0.3, 0.4) is 0 Å². The van der Waals surface area contributed by atoms with Crippen LogP contribution in [-0.4, -0.2) is 59.4 Å². The molecule has 0 aliphatic carbocycles. The Balaban J connectivity index is 1.92. The van der Waals surface area contributed by atoms with Crippen LogP contribution in [0.25, 0.3) is 0 Å². The molecule has 104 valence electrons. The van der Waals surface area contributed by atoms with Crippen molar-refractivity contribution >= 4 is 5.91 Å². The summed E-state index contributed by atoms with van der Waals surface area (Å²) in [6.45, 7) is 2.77. The summed E-state index contributed by atoms with van der Waals surface area (Å²) in [5.41, 5.74) is 0.454. The molecule has 1 amide bonds. The molecule has 1 aliphatic rings. The summed E-state index contributed by atoms with van der Waals surface area (Å²) in [6.07, 6.45) is 8.17. The molecule has 0 bridgehead atoms. The zero-order valence-electron chi connectivity index (χ0n) is 11.7. The van der Waals surface area contributed by atoms with E-state index in [0.29, 0.717) is 11.6 Å². The summed E-state index contributed by atoms with van der Waals surface area (Å²) >= 11 is 0. The first-order valence-electron chi connectivity index (χ1n) is 6.87. The molecule has 1 aliphatic heterocycles. The van der Waals surface area contributed by atoms with Crippen molar-refractivity contribution in [3.8, 4) is 0 Å². The van der Waals surface area contributed by atoms with Gasteiger partial charge in [-0.05, 0) is 45.8 Å². The second kappa shape index (κ2) is 6.61. The number of carbonyl (C=O) groups is 1. The molecule has 0 N–H and O–H groups in total. The number of amides is 1. The molecule has 2 rings (SSSR count). The third-order valence-electron chi connectivity index (χ3n) is 3.57. The van der Waals surface area contributed by atoms with Gasteiger partial charge in [0.05, 0.1) is 6.20 Å². The van der Waals surface area contributed by atoms with Crippen LogP contribution in [0, 0.1) is 5.92 Å². The van der Waals surface area contributed by atoms with E-state index in [1.54, 1.807) is 18.6 Å². The second-order valence-electron chi connectivity index (χ2n) is 5.44. The molecule has 1 atom stereocenters. The van der Waals surface area contributed by atoms with Crippen molar-refractivity contribution in [2.24, 2.45) is 5.92 Å². The number of nitrogens with zero attached hydrogens (tertiary/aromatic N) is 4. The molecule has 2 heterocycles. The topological polar surface area (TPSA) is 49.3 Å². The number of carbonyl (C=O) groups excluding carboxylic acids is 1. The Bertz CT molecular complexity index is 407. The van der Waals surface area contributed by atoms with Crippen molar-refractivity contribution in [3.63, 3.8) is 0 Å². The van der Waals surface area contributed by atoms with Gasteiger partial charge in [-0.15, -0.1) is 0 Å². The molecule has 0 saturated carbocycles. The Morgan fingerprint density at radius 2 is 2.32 bits per heavy atom. The van der Waals surface area contributed by atoms with Crippen LogP contribution in [-0.2, 0) is 0 Å². The van der Waals surface area contributed by atoms with E-state index in [-0.39, 0.29) is 5.91 Å². The molecule has 0 radical (unpaired) electrons. The molecule has 5 nitrogen and oxygen atoms in total. The minimum atomic E-state index is 0.0163. The maximum atomic E-state index is 12.3. The highest BCUT2D eigenvalue weighted by atomic mass is 16.2. The van der Waals surface area contributed by atoms with Gasteiger partial charge < -0.3 is 9.80 Å². The second-order valence-corrected chi connectivity index (χ2v) is 5.44. The predicted octanol–water partition coefficient (Wildman–Crippen LogP) is 1.28. The average molecular weight is 262 g/mol. The van der Waals surface area contributed by atoms with E-state index >= 15 is 0 Å². The summed E-state index contributed by atoms with van der Waals surface area (Å²) in [4.78, 5) is 24.5. The molecule has 1 aromatic rings. The molecule has 1 saturated heterocycles. The van der Waals surface area contributed by atoms with E-state index < -0.39 is 0 Å². The first kappa shape index (κ1) is 13.9. The fourth-order valence-electron chi connectivity index (χ4n) is 2.50. The van der Waals surface area contributed by atoms with E-state index in [0.717, 1.165) is 32.5 Å². The molecule has 0 aromatic carbocycles. The Morgan fingerprint density at radius 1 is 1.47 bits per heavy atom. The molecular weight excluding hydrogens is 240 g/mol. The zero-order chi connectivity index (χ0) is 13.7. The van der Waals surface area contributed by atoms with Gasteiger partial charge in [-0.3, -0.25) is 9.78 Å². The van der Waals surface area contributed by atoms with E-state index in [1.165, 1.54) is 6.42 Å². The van der Waals surface area contributed by atoms with Crippen molar-refractivity contribution in [2.75, 3.05) is 33.7 Å². The highest BCUT2D eigenvalue weighted by Gasteiger charge is 2.25. The summed E-state index contributed by atoms with van der Waals surface area (Å²) in [6, 6.07) is 0. The van der Waals surface area contributed by atoms with E-state index in [9.17, 15) is 4.79 Å². The average Bonchev–Trinajstić information content (AvgIpc) is 2.45. The first-order valence-corrected chi connectivity index (χ1v) is 6.87. The van der Waals surface area contributed by atoms with Crippen molar-refractivity contribution in [3.05, 3.63) is 24.3 Å². The first-order chi connectivity index (χ1) is 9.16. The number of hydrogen-bond donors (Lipinski definition) is 0. The summed E-state index contributed by atoms with van der Waals surface area (Å²) < 4.78 is 0. The number of rotatable bonds is 4. The third-order valence-corrected chi connectivity index (χ3v) is 3.57. The Kier molecular flexibility index (Phi) is 4.85. The quantitative estimate of drug-likeness (QED) is 0.820. The van der Waals surface area contributed by atoms with Gasteiger partial charge in [0.2, 0.25) is 0 Å². The molecule has 1 aromatic heterocycles. The van der Waals surface area contributed by atoms with Crippen LogP contribution in [0.4, 0.5) is 0 Å². The van der Waals surface area contributed by atoms with Crippen molar-refractivity contribution in [1.82, 2.24) is 19.8 Å². The van der Waals surface area contributed by atoms with Crippen LogP contribution < -0.4 is 0 Å². The SMILES string of the molecule is CN(C)CC[C@H]1CCCN(C(=O)c2cnccn2)C1. The molecule has 19 heavy (non-hydrogen) atoms. The van der Waals surface area contributed by atoms with Gasteiger partial charge in [-0.1, -0.05) is 0 Å². The molecule has 5 heteroatoms. The lowest BCUT2D eigenvalue weighted by Crippen LogP contribution is -2.41. The lowest BCUT2D eigenvalue weighted by Gasteiger charge is -2.33. The van der Waals surface area contributed by atoms with Crippen LogP contribution >= 0.6 is 0 Å². The van der Waals surface area contributed by atoms with Gasteiger partial charge in [-0.25, -0.2) is 4.98 Å². The summed E-state index contributed by atoms with van der Waals surface area (Å²) in [5.74, 6) is 0.624. The number of hydrogen-bond acceptors (Lipinski definition) is 4. The molecule has 1 fully saturated rings. The zero-order valence-corrected chi connectivity index (χ0v) is 11.7. The van der Waals surface area contributed by atoms with E-state index in [1.807, 2.05) is 4.90 Å². The van der Waals surface area contributed by atoms with Crippen molar-refractivity contribution in [2.45, 2.75) is 19.3 Å². The maximum Gasteiger partial charge on any atom is 0.274 e. The lowest BCUT2D eigenvalue weighted by molar-refractivity contribution is 0.0657. The minimum absolute atomic E-state index is 0.0163. The minimum Gasteiger partial charge on any atom is -0.337 e. The standard InChI is InChI=1S/C14H22N4O/c1-17(2)9-5-12-4-3-8-18(11-12)14(19)13-10-15-6-7-16-13/h6-7,10,12H,3-5,8-9,11H2,1-2H3/t12-/m1/s1. The van der Waals surface area contributed by atoms with Gasteiger partial charge in [0.15, 0.2) is 0 Å². The van der Waals surface area contributed by atoms with Gasteiger partial charge in [-0.2, -0.15) is 0 Å². The number of aromatic nitrogens is 2. The van der Waals surface area contributed by atoms with Crippen LogP contribution in [0.15, 0.2) is 18.6 Å². The Morgan fingerprint density at radius 3 is 3.00 bits per heavy atom.